The quantitative estimate of drug-likeness (QED) is 0.690. The van der Waals surface area contributed by atoms with Crippen molar-refractivity contribution in [2.24, 2.45) is 5.73 Å². The minimum absolute atomic E-state index is 0.0668. The summed E-state index contributed by atoms with van der Waals surface area (Å²) >= 11 is 0. The lowest BCUT2D eigenvalue weighted by Crippen LogP contribution is -2.39. The van der Waals surface area contributed by atoms with E-state index < -0.39 is 0 Å². The molecular weight excluding hydrogens is 244 g/mol. The van der Waals surface area contributed by atoms with Crippen LogP contribution in [0.4, 0.5) is 0 Å². The highest BCUT2D eigenvalue weighted by molar-refractivity contribution is 5.75. The second-order valence-corrected chi connectivity index (χ2v) is 4.80. The van der Waals surface area contributed by atoms with Gasteiger partial charge in [0.05, 0.1) is 11.9 Å². The molecule has 0 spiro atoms. The molecule has 1 rings (SSSR count). The van der Waals surface area contributed by atoms with Crippen LogP contribution < -0.4 is 5.73 Å². The molecule has 0 atom stereocenters. The third kappa shape index (κ3) is 5.35. The van der Waals surface area contributed by atoms with Gasteiger partial charge in [0.15, 0.2) is 0 Å². The number of likely N-dealkylation sites (N-methyl/N-ethyl adjacent to an activating group) is 1. The monoisotopic (exact) mass is 268 g/mol. The lowest BCUT2D eigenvalue weighted by molar-refractivity contribution is -0.132. The van der Waals surface area contributed by atoms with Gasteiger partial charge in [-0.2, -0.15) is 0 Å². The Morgan fingerprint density at radius 3 is 2.63 bits per heavy atom. The first-order valence-electron chi connectivity index (χ1n) is 6.58. The maximum atomic E-state index is 12.2. The summed E-state index contributed by atoms with van der Waals surface area (Å²) < 4.78 is 1.54. The van der Waals surface area contributed by atoms with Crippen LogP contribution in [0.2, 0.25) is 0 Å². The minimum Gasteiger partial charge on any atom is -0.340 e. The Hall–Kier alpha value is -1.47. The Morgan fingerprint density at radius 2 is 2.11 bits per heavy atom. The summed E-state index contributed by atoms with van der Waals surface area (Å²) in [6, 6.07) is 0. The highest BCUT2D eigenvalue weighted by atomic mass is 16.2. The van der Waals surface area contributed by atoms with Crippen molar-refractivity contribution in [2.45, 2.75) is 26.4 Å². The molecular formula is C12H24N6O. The molecule has 1 amide bonds. The molecule has 1 heterocycles. The molecule has 0 bridgehead atoms. The number of nitrogens with two attached hydrogens (primary N) is 1. The van der Waals surface area contributed by atoms with Crippen LogP contribution in [0.3, 0.4) is 0 Å². The number of hydrogen-bond donors (Lipinski definition) is 1. The van der Waals surface area contributed by atoms with Crippen LogP contribution in [0.1, 0.15) is 19.0 Å². The Morgan fingerprint density at radius 1 is 1.37 bits per heavy atom. The maximum absolute atomic E-state index is 12.2. The Balaban J connectivity index is 2.55. The van der Waals surface area contributed by atoms with Gasteiger partial charge in [-0.15, -0.1) is 5.10 Å². The number of carbonyl (C=O) groups excluding carboxylic acids is 1. The normalized spacial score (nSPS) is 11.0. The van der Waals surface area contributed by atoms with Crippen LogP contribution in [-0.2, 0) is 17.9 Å². The van der Waals surface area contributed by atoms with Crippen LogP contribution in [0.5, 0.6) is 0 Å². The van der Waals surface area contributed by atoms with Gasteiger partial charge < -0.3 is 15.5 Å². The van der Waals surface area contributed by atoms with E-state index in [4.69, 9.17) is 5.73 Å². The Labute approximate surface area is 114 Å². The van der Waals surface area contributed by atoms with Gasteiger partial charge in [-0.1, -0.05) is 12.1 Å². The molecule has 0 aliphatic heterocycles. The Kier molecular flexibility index (Phi) is 6.44. The van der Waals surface area contributed by atoms with E-state index in [1.165, 1.54) is 0 Å². The van der Waals surface area contributed by atoms with Crippen LogP contribution in [0.15, 0.2) is 6.20 Å². The van der Waals surface area contributed by atoms with Gasteiger partial charge in [-0.05, 0) is 20.5 Å². The van der Waals surface area contributed by atoms with Crippen molar-refractivity contribution >= 4 is 5.91 Å². The smallest absolute Gasteiger partial charge is 0.244 e. The molecule has 0 aliphatic carbocycles. The van der Waals surface area contributed by atoms with Gasteiger partial charge in [-0.25, -0.2) is 4.68 Å². The first-order valence-corrected chi connectivity index (χ1v) is 6.58. The number of aromatic nitrogens is 3. The van der Waals surface area contributed by atoms with Crippen molar-refractivity contribution in [3.63, 3.8) is 0 Å². The molecule has 1 aromatic rings. The van der Waals surface area contributed by atoms with Gasteiger partial charge in [0.25, 0.3) is 0 Å². The topological polar surface area (TPSA) is 80.3 Å². The van der Waals surface area contributed by atoms with Crippen molar-refractivity contribution < 1.29 is 4.79 Å². The standard InChI is InChI=1S/C12H24N6O/c1-4-5-17(7-6-16(2)3)12(19)10-18-9-11(8-13)14-15-18/h9H,4-8,10,13H2,1-3H3. The fourth-order valence-corrected chi connectivity index (χ4v) is 1.70. The van der Waals surface area contributed by atoms with E-state index in [0.29, 0.717) is 12.2 Å². The van der Waals surface area contributed by atoms with E-state index in [1.807, 2.05) is 19.0 Å². The van der Waals surface area contributed by atoms with E-state index in [0.717, 1.165) is 26.1 Å². The molecule has 0 unspecified atom stereocenters. The fourth-order valence-electron chi connectivity index (χ4n) is 1.70. The first-order chi connectivity index (χ1) is 9.06. The second-order valence-electron chi connectivity index (χ2n) is 4.80. The summed E-state index contributed by atoms with van der Waals surface area (Å²) in [4.78, 5) is 16.1. The molecule has 2 N–H and O–H groups in total. The van der Waals surface area contributed by atoms with Crippen LogP contribution >= 0.6 is 0 Å². The van der Waals surface area contributed by atoms with Crippen molar-refractivity contribution in [2.75, 3.05) is 33.7 Å². The van der Waals surface area contributed by atoms with Crippen LogP contribution in [0.25, 0.3) is 0 Å². The lowest BCUT2D eigenvalue weighted by atomic mass is 10.3. The predicted molar refractivity (Wildman–Crippen MR) is 73.3 cm³/mol. The van der Waals surface area contributed by atoms with E-state index in [-0.39, 0.29) is 12.5 Å². The van der Waals surface area contributed by atoms with E-state index in [1.54, 1.807) is 10.9 Å². The fraction of sp³-hybridized carbons (Fsp3) is 0.750. The summed E-state index contributed by atoms with van der Waals surface area (Å²) in [6.07, 6.45) is 2.67. The molecule has 19 heavy (non-hydrogen) atoms. The number of amides is 1. The third-order valence-electron chi connectivity index (χ3n) is 2.76. The SMILES string of the molecule is CCCN(CCN(C)C)C(=O)Cn1cc(CN)nn1. The maximum Gasteiger partial charge on any atom is 0.244 e. The molecule has 108 valence electrons. The first kappa shape index (κ1) is 15.6. The predicted octanol–water partition coefficient (Wildman–Crippen LogP) is -0.463. The number of nitrogens with zero attached hydrogens (tertiary/aromatic N) is 5. The van der Waals surface area contributed by atoms with E-state index >= 15 is 0 Å². The molecule has 0 radical (unpaired) electrons. The van der Waals surface area contributed by atoms with Gasteiger partial charge >= 0.3 is 0 Å². The molecule has 0 aliphatic rings. The summed E-state index contributed by atoms with van der Waals surface area (Å²) in [5.74, 6) is 0.0668. The molecule has 7 nitrogen and oxygen atoms in total. The Bertz CT molecular complexity index is 389. The van der Waals surface area contributed by atoms with Crippen molar-refractivity contribution in [1.29, 1.82) is 0 Å². The highest BCUT2D eigenvalue weighted by Crippen LogP contribution is 1.98. The van der Waals surface area contributed by atoms with Crippen LogP contribution in [0, 0.1) is 0 Å². The summed E-state index contributed by atoms with van der Waals surface area (Å²) in [6.45, 7) is 4.99. The van der Waals surface area contributed by atoms with E-state index in [9.17, 15) is 4.79 Å². The van der Waals surface area contributed by atoms with Crippen LogP contribution in [-0.4, -0.2) is 64.4 Å². The zero-order valence-corrected chi connectivity index (χ0v) is 12.0. The molecule has 1 aromatic heterocycles. The van der Waals surface area contributed by atoms with Gasteiger partial charge in [0.2, 0.25) is 5.91 Å². The molecule has 0 saturated carbocycles. The lowest BCUT2D eigenvalue weighted by Gasteiger charge is -2.23. The summed E-state index contributed by atoms with van der Waals surface area (Å²) in [5, 5.41) is 7.77. The van der Waals surface area contributed by atoms with Crippen molar-refractivity contribution in [3.05, 3.63) is 11.9 Å². The highest BCUT2D eigenvalue weighted by Gasteiger charge is 2.14. The summed E-state index contributed by atoms with van der Waals surface area (Å²) in [7, 11) is 4.00. The largest absolute Gasteiger partial charge is 0.340 e. The number of rotatable bonds is 8. The van der Waals surface area contributed by atoms with Gasteiger partial charge in [0, 0.05) is 26.2 Å². The minimum atomic E-state index is 0.0668. The molecule has 7 heteroatoms. The average molecular weight is 268 g/mol. The third-order valence-corrected chi connectivity index (χ3v) is 2.76. The average Bonchev–Trinajstić information content (AvgIpc) is 2.81. The van der Waals surface area contributed by atoms with Crippen molar-refractivity contribution in [1.82, 2.24) is 24.8 Å². The summed E-state index contributed by atoms with van der Waals surface area (Å²) in [5.41, 5.74) is 6.16. The molecule has 0 fully saturated rings. The van der Waals surface area contributed by atoms with Gasteiger partial charge in [-0.3, -0.25) is 4.79 Å². The zero-order chi connectivity index (χ0) is 14.3. The van der Waals surface area contributed by atoms with Crippen molar-refractivity contribution in [3.8, 4) is 0 Å². The number of hydrogen-bond acceptors (Lipinski definition) is 5. The molecule has 0 saturated heterocycles. The molecule has 0 aromatic carbocycles. The second kappa shape index (κ2) is 7.85. The van der Waals surface area contributed by atoms with E-state index in [2.05, 4.69) is 22.1 Å². The zero-order valence-electron chi connectivity index (χ0n) is 12.0. The van der Waals surface area contributed by atoms with Gasteiger partial charge in [0.1, 0.15) is 6.54 Å². The number of carbonyl (C=O) groups is 1.